The van der Waals surface area contributed by atoms with Gasteiger partial charge in [0.05, 0.1) is 12.1 Å². The smallest absolute Gasteiger partial charge is 0.120 e. The minimum Gasteiger partial charge on any atom is -0.494 e. The van der Waals surface area contributed by atoms with Crippen LogP contribution in [-0.4, -0.2) is 18.1 Å². The fourth-order valence-electron chi connectivity index (χ4n) is 2.52. The van der Waals surface area contributed by atoms with Crippen LogP contribution in [0.15, 0.2) is 41.8 Å². The third kappa shape index (κ3) is 3.39. The Morgan fingerprint density at radius 1 is 1.23 bits per heavy atom. The first kappa shape index (κ1) is 14.9. The van der Waals surface area contributed by atoms with Crippen molar-refractivity contribution >= 4 is 27.9 Å². The molecular formula is C18H20N2OS. The second-order valence-corrected chi connectivity index (χ2v) is 6.21. The number of ether oxygens (including phenoxy) is 1. The summed E-state index contributed by atoms with van der Waals surface area (Å²) in [6, 6.07) is 12.5. The van der Waals surface area contributed by atoms with Gasteiger partial charge in [0.1, 0.15) is 5.75 Å². The lowest BCUT2D eigenvalue weighted by atomic mass is 10.1. The van der Waals surface area contributed by atoms with Gasteiger partial charge in [-0.05, 0) is 56.0 Å². The molecule has 2 aromatic heterocycles. The van der Waals surface area contributed by atoms with Crippen LogP contribution in [-0.2, 0) is 6.42 Å². The quantitative estimate of drug-likeness (QED) is 0.719. The van der Waals surface area contributed by atoms with Gasteiger partial charge in [-0.15, -0.1) is 11.3 Å². The van der Waals surface area contributed by atoms with Crippen LogP contribution in [0.2, 0.25) is 0 Å². The van der Waals surface area contributed by atoms with Crippen LogP contribution in [0, 0.1) is 6.92 Å². The number of hydrogen-bond acceptors (Lipinski definition) is 4. The van der Waals surface area contributed by atoms with Crippen molar-refractivity contribution in [2.45, 2.75) is 20.3 Å². The first-order valence-electron chi connectivity index (χ1n) is 7.56. The Hall–Kier alpha value is -2.07. The van der Waals surface area contributed by atoms with E-state index in [1.807, 2.05) is 26.0 Å². The van der Waals surface area contributed by atoms with Crippen LogP contribution in [0.4, 0.5) is 5.69 Å². The van der Waals surface area contributed by atoms with Crippen molar-refractivity contribution in [1.82, 2.24) is 4.98 Å². The normalized spacial score (nSPS) is 10.8. The Bertz CT molecular complexity index is 753. The lowest BCUT2D eigenvalue weighted by Gasteiger charge is -2.12. The summed E-state index contributed by atoms with van der Waals surface area (Å²) in [6.07, 6.45) is 1.03. The number of benzene rings is 1. The third-order valence-corrected chi connectivity index (χ3v) is 4.42. The molecule has 0 saturated heterocycles. The van der Waals surface area contributed by atoms with Gasteiger partial charge in [-0.1, -0.05) is 6.07 Å². The van der Waals surface area contributed by atoms with Gasteiger partial charge >= 0.3 is 0 Å². The Labute approximate surface area is 135 Å². The molecule has 0 amide bonds. The molecule has 0 aliphatic rings. The van der Waals surface area contributed by atoms with Crippen LogP contribution in [0.1, 0.15) is 17.5 Å². The van der Waals surface area contributed by atoms with Gasteiger partial charge in [0.15, 0.2) is 0 Å². The summed E-state index contributed by atoms with van der Waals surface area (Å²) in [5.74, 6) is 0.891. The maximum Gasteiger partial charge on any atom is 0.120 e. The molecule has 4 heteroatoms. The maximum atomic E-state index is 5.61. The molecule has 1 N–H and O–H groups in total. The second-order valence-electron chi connectivity index (χ2n) is 5.18. The van der Waals surface area contributed by atoms with Gasteiger partial charge in [0.25, 0.3) is 0 Å². The summed E-state index contributed by atoms with van der Waals surface area (Å²) in [5, 5.41) is 6.78. The highest BCUT2D eigenvalue weighted by atomic mass is 32.1. The number of rotatable bonds is 6. The summed E-state index contributed by atoms with van der Waals surface area (Å²) in [4.78, 5) is 6.00. The number of aromatic nitrogens is 1. The molecule has 0 bridgehead atoms. The molecule has 0 aliphatic heterocycles. The van der Waals surface area contributed by atoms with E-state index in [9.17, 15) is 0 Å². The zero-order valence-corrected chi connectivity index (χ0v) is 13.7. The van der Waals surface area contributed by atoms with Gasteiger partial charge in [-0.3, -0.25) is 4.98 Å². The number of thiophene rings is 1. The Morgan fingerprint density at radius 2 is 2.14 bits per heavy atom. The Balaban J connectivity index is 1.84. The number of anilines is 1. The average molecular weight is 312 g/mol. The van der Waals surface area contributed by atoms with Crippen LogP contribution >= 0.6 is 11.3 Å². The Kier molecular flexibility index (Phi) is 4.59. The van der Waals surface area contributed by atoms with Gasteiger partial charge in [-0.25, -0.2) is 0 Å². The maximum absolute atomic E-state index is 5.61. The monoisotopic (exact) mass is 312 g/mol. The van der Waals surface area contributed by atoms with Gasteiger partial charge in [0.2, 0.25) is 0 Å². The second kappa shape index (κ2) is 6.79. The van der Waals surface area contributed by atoms with Crippen molar-refractivity contribution < 1.29 is 4.74 Å². The van der Waals surface area contributed by atoms with E-state index < -0.39 is 0 Å². The minimum absolute atomic E-state index is 0.673. The molecule has 2 heterocycles. The van der Waals surface area contributed by atoms with E-state index in [4.69, 9.17) is 4.74 Å². The number of nitrogens with one attached hydrogen (secondary N) is 1. The number of pyridine rings is 1. The molecule has 0 saturated carbocycles. The molecule has 3 nitrogen and oxygen atoms in total. The highest BCUT2D eigenvalue weighted by molar-refractivity contribution is 7.09. The fourth-order valence-corrected chi connectivity index (χ4v) is 3.22. The van der Waals surface area contributed by atoms with Crippen LogP contribution in [0.5, 0.6) is 5.75 Å². The molecule has 0 fully saturated rings. The molecule has 0 radical (unpaired) electrons. The lowest BCUT2D eigenvalue weighted by molar-refractivity contribution is 0.340. The topological polar surface area (TPSA) is 34.1 Å². The highest BCUT2D eigenvalue weighted by Crippen LogP contribution is 2.27. The number of nitrogens with zero attached hydrogens (tertiary/aromatic N) is 1. The van der Waals surface area contributed by atoms with E-state index in [-0.39, 0.29) is 0 Å². The van der Waals surface area contributed by atoms with E-state index in [1.54, 1.807) is 11.3 Å². The summed E-state index contributed by atoms with van der Waals surface area (Å²) in [6.45, 7) is 5.61. The van der Waals surface area contributed by atoms with Crippen LogP contribution < -0.4 is 10.1 Å². The zero-order valence-electron chi connectivity index (χ0n) is 12.9. The van der Waals surface area contributed by atoms with Gasteiger partial charge < -0.3 is 10.1 Å². The fraction of sp³-hybridized carbons (Fsp3) is 0.278. The van der Waals surface area contributed by atoms with Crippen LogP contribution in [0.25, 0.3) is 10.9 Å². The van der Waals surface area contributed by atoms with E-state index in [1.165, 1.54) is 4.88 Å². The number of fused-ring (bicyclic) bond motifs is 1. The molecule has 114 valence electrons. The summed E-state index contributed by atoms with van der Waals surface area (Å²) in [7, 11) is 0. The molecule has 0 spiro atoms. The van der Waals surface area contributed by atoms with E-state index in [2.05, 4.69) is 39.9 Å². The van der Waals surface area contributed by atoms with Crippen molar-refractivity contribution in [3.63, 3.8) is 0 Å². The van der Waals surface area contributed by atoms with Gasteiger partial charge in [-0.2, -0.15) is 0 Å². The predicted octanol–water partition coefficient (Wildman–Crippen LogP) is 4.66. The largest absolute Gasteiger partial charge is 0.494 e. The third-order valence-electron chi connectivity index (χ3n) is 3.49. The van der Waals surface area contributed by atoms with Crippen LogP contribution in [0.3, 0.4) is 0 Å². The first-order chi connectivity index (χ1) is 10.8. The number of hydrogen-bond donors (Lipinski definition) is 1. The zero-order chi connectivity index (χ0) is 15.4. The SMILES string of the molecule is CCOc1ccc2nc(C)cc(NCCc3cccs3)c2c1. The predicted molar refractivity (Wildman–Crippen MR) is 94.2 cm³/mol. The number of aryl methyl sites for hydroxylation is 1. The average Bonchev–Trinajstić information content (AvgIpc) is 3.01. The van der Waals surface area contributed by atoms with E-state index in [0.29, 0.717) is 6.61 Å². The molecule has 0 aliphatic carbocycles. The Morgan fingerprint density at radius 3 is 2.91 bits per heavy atom. The lowest BCUT2D eigenvalue weighted by Crippen LogP contribution is -2.05. The van der Waals surface area contributed by atoms with E-state index >= 15 is 0 Å². The van der Waals surface area contributed by atoms with Crippen molar-refractivity contribution in [3.05, 3.63) is 52.3 Å². The van der Waals surface area contributed by atoms with Gasteiger partial charge in [0, 0.05) is 28.2 Å². The molecule has 3 rings (SSSR count). The molecule has 0 atom stereocenters. The van der Waals surface area contributed by atoms with Crippen molar-refractivity contribution in [2.75, 3.05) is 18.5 Å². The molecule has 1 aromatic carbocycles. The van der Waals surface area contributed by atoms with E-state index in [0.717, 1.165) is 41.0 Å². The first-order valence-corrected chi connectivity index (χ1v) is 8.44. The molecular weight excluding hydrogens is 292 g/mol. The van der Waals surface area contributed by atoms with Crippen molar-refractivity contribution in [3.8, 4) is 5.75 Å². The standard InChI is InChI=1S/C18H20N2OS/c1-3-21-14-6-7-17-16(12-14)18(11-13(2)20-17)19-9-8-15-5-4-10-22-15/h4-7,10-12H,3,8-9H2,1-2H3,(H,19,20). The summed E-state index contributed by atoms with van der Waals surface area (Å²) >= 11 is 1.80. The summed E-state index contributed by atoms with van der Waals surface area (Å²) in [5.41, 5.74) is 3.15. The molecule has 0 unspecified atom stereocenters. The molecule has 22 heavy (non-hydrogen) atoms. The highest BCUT2D eigenvalue weighted by Gasteiger charge is 2.06. The van der Waals surface area contributed by atoms with Crippen molar-refractivity contribution in [1.29, 1.82) is 0 Å². The summed E-state index contributed by atoms with van der Waals surface area (Å²) < 4.78 is 5.61. The van der Waals surface area contributed by atoms with Crippen molar-refractivity contribution in [2.24, 2.45) is 0 Å². The molecule has 3 aromatic rings. The minimum atomic E-state index is 0.673.